The van der Waals surface area contributed by atoms with Gasteiger partial charge in [-0.1, -0.05) is 36.9 Å². The fourth-order valence-corrected chi connectivity index (χ4v) is 3.99. The Morgan fingerprint density at radius 1 is 1.13 bits per heavy atom. The fraction of sp³-hybridized carbons (Fsp3) is 0.611. The zero-order valence-corrected chi connectivity index (χ0v) is 14.6. The zero-order valence-electron chi connectivity index (χ0n) is 13.9. The van der Waals surface area contributed by atoms with Gasteiger partial charge in [-0.3, -0.25) is 9.80 Å². The topological polar surface area (TPSA) is 26.8 Å². The summed E-state index contributed by atoms with van der Waals surface area (Å²) < 4.78 is 0. The second kappa shape index (κ2) is 7.54. The lowest BCUT2D eigenvalue weighted by Crippen LogP contribution is -2.56. The van der Waals surface area contributed by atoms with E-state index in [1.165, 1.54) is 30.5 Å². The quantitative estimate of drug-likeness (QED) is 0.788. The van der Waals surface area contributed by atoms with Crippen LogP contribution in [0.4, 0.5) is 5.69 Å². The third-order valence-electron chi connectivity index (χ3n) is 5.15. The normalized spacial score (nSPS) is 20.5. The maximum Gasteiger partial charge on any atom is 0.224 e. The van der Waals surface area contributed by atoms with Crippen LogP contribution in [0, 0.1) is 6.92 Å². The number of benzene rings is 1. The minimum Gasteiger partial charge on any atom is -0.369 e. The summed E-state index contributed by atoms with van der Waals surface area (Å²) in [6, 6.07) is 6.46. The van der Waals surface area contributed by atoms with E-state index >= 15 is 0 Å². The molecule has 4 nitrogen and oxygen atoms in total. The van der Waals surface area contributed by atoms with E-state index in [0.717, 1.165) is 50.5 Å². The lowest BCUT2D eigenvalue weighted by molar-refractivity contribution is -0.143. The number of carbonyl (C=O) groups is 1. The number of amides is 1. The van der Waals surface area contributed by atoms with Gasteiger partial charge in [0.25, 0.3) is 0 Å². The second-order valence-electron chi connectivity index (χ2n) is 6.65. The van der Waals surface area contributed by atoms with Crippen LogP contribution in [0.5, 0.6) is 0 Å². The summed E-state index contributed by atoms with van der Waals surface area (Å²) in [4.78, 5) is 14.0. The van der Waals surface area contributed by atoms with Crippen molar-refractivity contribution >= 4 is 23.7 Å². The Kier molecular flexibility index (Phi) is 5.44. The summed E-state index contributed by atoms with van der Waals surface area (Å²) in [5.41, 5.74) is 2.47. The Balaban J connectivity index is 1.63. The highest BCUT2D eigenvalue weighted by atomic mass is 35.5. The Hall–Kier alpha value is -1.26. The molecule has 1 aromatic rings. The number of aryl methyl sites for hydroxylation is 1. The largest absolute Gasteiger partial charge is 0.369 e. The Morgan fingerprint density at radius 2 is 1.83 bits per heavy atom. The maximum absolute atomic E-state index is 11.6. The van der Waals surface area contributed by atoms with Gasteiger partial charge in [0.2, 0.25) is 6.41 Å². The molecule has 3 rings (SSSR count). The highest BCUT2D eigenvalue weighted by molar-refractivity contribution is 6.30. The Morgan fingerprint density at radius 3 is 2.48 bits per heavy atom. The van der Waals surface area contributed by atoms with Gasteiger partial charge >= 0.3 is 0 Å². The molecule has 5 heteroatoms. The fourth-order valence-electron chi connectivity index (χ4n) is 3.82. The van der Waals surface area contributed by atoms with E-state index in [2.05, 4.69) is 22.9 Å². The SMILES string of the molecule is Cc1ccc(Cl)cc1N1CCN(N(C=O)C2CCCCC2)CC1. The molecule has 126 valence electrons. The third kappa shape index (κ3) is 3.81. The molecular weight excluding hydrogens is 310 g/mol. The standard InChI is InChI=1S/C18H26ClN3O/c1-15-7-8-16(19)13-18(15)20-9-11-21(12-10-20)22(14-23)17-5-3-2-4-6-17/h7-8,13-14,17H,2-6,9-12H2,1H3. The Bertz CT molecular complexity index is 537. The molecule has 0 spiro atoms. The highest BCUT2D eigenvalue weighted by Crippen LogP contribution is 2.27. The molecule has 1 amide bonds. The van der Waals surface area contributed by atoms with Crippen LogP contribution in [0.1, 0.15) is 37.7 Å². The molecule has 2 fully saturated rings. The number of rotatable bonds is 4. The molecule has 1 aliphatic heterocycles. The second-order valence-corrected chi connectivity index (χ2v) is 7.09. The number of hydrogen-bond donors (Lipinski definition) is 0. The molecule has 1 aliphatic carbocycles. The van der Waals surface area contributed by atoms with E-state index in [9.17, 15) is 4.79 Å². The van der Waals surface area contributed by atoms with Gasteiger partial charge in [0.1, 0.15) is 0 Å². The Labute approximate surface area is 144 Å². The van der Waals surface area contributed by atoms with E-state index in [1.54, 1.807) is 0 Å². The van der Waals surface area contributed by atoms with Gasteiger partial charge in [0.15, 0.2) is 0 Å². The summed E-state index contributed by atoms with van der Waals surface area (Å²) in [5, 5.41) is 4.99. The zero-order chi connectivity index (χ0) is 16.2. The molecule has 0 radical (unpaired) electrons. The smallest absolute Gasteiger partial charge is 0.224 e. The first-order valence-corrected chi connectivity index (χ1v) is 9.06. The van der Waals surface area contributed by atoms with Gasteiger partial charge in [-0.2, -0.15) is 0 Å². The van der Waals surface area contributed by atoms with Crippen LogP contribution < -0.4 is 4.90 Å². The van der Waals surface area contributed by atoms with E-state index in [4.69, 9.17) is 11.6 Å². The number of hydrogen-bond acceptors (Lipinski definition) is 3. The van der Waals surface area contributed by atoms with Gasteiger partial charge in [0.05, 0.1) is 0 Å². The van der Waals surface area contributed by atoms with E-state index in [1.807, 2.05) is 17.1 Å². The summed E-state index contributed by atoms with van der Waals surface area (Å²) in [6.45, 7) is 5.76. The van der Waals surface area contributed by atoms with Crippen LogP contribution >= 0.6 is 11.6 Å². The molecule has 1 aromatic carbocycles. The predicted octanol–water partition coefficient (Wildman–Crippen LogP) is 3.48. The molecule has 0 unspecified atom stereocenters. The first kappa shape index (κ1) is 16.6. The van der Waals surface area contributed by atoms with E-state index < -0.39 is 0 Å². The molecule has 0 bridgehead atoms. The lowest BCUT2D eigenvalue weighted by Gasteiger charge is -2.44. The van der Waals surface area contributed by atoms with Crippen molar-refractivity contribution in [2.75, 3.05) is 31.1 Å². The van der Waals surface area contributed by atoms with Crippen LogP contribution in [0.25, 0.3) is 0 Å². The van der Waals surface area contributed by atoms with Crippen molar-refractivity contribution in [2.45, 2.75) is 45.1 Å². The summed E-state index contributed by atoms with van der Waals surface area (Å²) in [7, 11) is 0. The van der Waals surface area contributed by atoms with Gasteiger partial charge in [-0.05, 0) is 37.5 Å². The summed E-state index contributed by atoms with van der Waals surface area (Å²) >= 11 is 6.15. The average Bonchev–Trinajstić information content (AvgIpc) is 2.59. The number of piperazine rings is 1. The van der Waals surface area contributed by atoms with Crippen LogP contribution in [-0.4, -0.2) is 48.6 Å². The highest BCUT2D eigenvalue weighted by Gasteiger charge is 2.28. The molecule has 1 saturated heterocycles. The van der Waals surface area contributed by atoms with Crippen molar-refractivity contribution in [3.8, 4) is 0 Å². The molecule has 1 heterocycles. The number of anilines is 1. The van der Waals surface area contributed by atoms with Gasteiger partial charge in [0, 0.05) is 42.9 Å². The van der Waals surface area contributed by atoms with Crippen molar-refractivity contribution in [1.82, 2.24) is 10.0 Å². The van der Waals surface area contributed by atoms with Crippen LogP contribution in [-0.2, 0) is 4.79 Å². The number of carbonyl (C=O) groups excluding carboxylic acids is 1. The number of hydrazine groups is 1. The monoisotopic (exact) mass is 335 g/mol. The molecule has 0 N–H and O–H groups in total. The van der Waals surface area contributed by atoms with E-state index in [0.29, 0.717) is 6.04 Å². The van der Waals surface area contributed by atoms with Crippen molar-refractivity contribution in [2.24, 2.45) is 0 Å². The summed E-state index contributed by atoms with van der Waals surface area (Å²) in [6.07, 6.45) is 7.13. The van der Waals surface area contributed by atoms with Crippen molar-refractivity contribution in [3.63, 3.8) is 0 Å². The minimum atomic E-state index is 0.403. The first-order valence-electron chi connectivity index (χ1n) is 8.68. The van der Waals surface area contributed by atoms with Gasteiger partial charge in [-0.25, -0.2) is 5.01 Å². The molecule has 0 atom stereocenters. The maximum atomic E-state index is 11.6. The predicted molar refractivity (Wildman–Crippen MR) is 94.8 cm³/mol. The van der Waals surface area contributed by atoms with Crippen molar-refractivity contribution in [3.05, 3.63) is 28.8 Å². The van der Waals surface area contributed by atoms with Gasteiger partial charge in [-0.15, -0.1) is 0 Å². The molecule has 1 saturated carbocycles. The first-order chi connectivity index (χ1) is 11.2. The van der Waals surface area contributed by atoms with Crippen LogP contribution in [0.15, 0.2) is 18.2 Å². The van der Waals surface area contributed by atoms with E-state index in [-0.39, 0.29) is 0 Å². The van der Waals surface area contributed by atoms with Crippen LogP contribution in [0.3, 0.4) is 0 Å². The van der Waals surface area contributed by atoms with Crippen LogP contribution in [0.2, 0.25) is 5.02 Å². The van der Waals surface area contributed by atoms with Crippen molar-refractivity contribution < 1.29 is 4.79 Å². The number of nitrogens with zero attached hydrogens (tertiary/aromatic N) is 3. The lowest BCUT2D eigenvalue weighted by atomic mass is 9.95. The molecule has 0 aromatic heterocycles. The number of halogens is 1. The molecule has 23 heavy (non-hydrogen) atoms. The van der Waals surface area contributed by atoms with Gasteiger partial charge < -0.3 is 4.90 Å². The molecule has 2 aliphatic rings. The summed E-state index contributed by atoms with van der Waals surface area (Å²) in [5.74, 6) is 0. The average molecular weight is 336 g/mol. The van der Waals surface area contributed by atoms with Crippen molar-refractivity contribution in [1.29, 1.82) is 0 Å². The minimum absolute atomic E-state index is 0.403. The molecular formula is C18H26ClN3O. The third-order valence-corrected chi connectivity index (χ3v) is 5.39.